The Labute approximate surface area is 68.3 Å². The topological polar surface area (TPSA) is 54.4 Å². The molecule has 1 aliphatic rings. The Morgan fingerprint density at radius 1 is 1.55 bits per heavy atom. The first-order chi connectivity index (χ1) is 4.96. The molecule has 0 aromatic carbocycles. The van der Waals surface area contributed by atoms with E-state index in [0.29, 0.717) is 0 Å². The number of carboxylic acids is 1. The van der Waals surface area contributed by atoms with Crippen molar-refractivity contribution in [1.82, 2.24) is 0 Å². The third-order valence-corrected chi connectivity index (χ3v) is 4.10. The Kier molecular flexibility index (Phi) is 2.05. The number of hydrogen-bond acceptors (Lipinski definition) is 2. The largest absolute Gasteiger partial charge is 0.480 e. The van der Waals surface area contributed by atoms with Crippen LogP contribution in [-0.2, 0) is 15.6 Å². The average molecular weight is 176 g/mol. The van der Waals surface area contributed by atoms with Gasteiger partial charge >= 0.3 is 5.97 Å². The molecule has 0 saturated heterocycles. The van der Waals surface area contributed by atoms with Crippen molar-refractivity contribution in [2.75, 3.05) is 0 Å². The quantitative estimate of drug-likeness (QED) is 0.690. The van der Waals surface area contributed by atoms with Crippen molar-refractivity contribution in [3.8, 4) is 0 Å². The van der Waals surface area contributed by atoms with Crippen molar-refractivity contribution < 1.29 is 14.1 Å². The summed E-state index contributed by atoms with van der Waals surface area (Å²) in [5.41, 5.74) is 0. The highest BCUT2D eigenvalue weighted by Gasteiger charge is 2.43. The zero-order chi connectivity index (χ0) is 8.65. The molecule has 1 saturated carbocycles. The molecule has 64 valence electrons. The Bertz CT molecular complexity index is 206. The lowest BCUT2D eigenvalue weighted by Gasteiger charge is -2.17. The highest BCUT2D eigenvalue weighted by atomic mass is 32.2. The van der Waals surface area contributed by atoms with Gasteiger partial charge in [-0.2, -0.15) is 0 Å². The van der Waals surface area contributed by atoms with Crippen LogP contribution in [0, 0.1) is 0 Å². The summed E-state index contributed by atoms with van der Waals surface area (Å²) in [6.45, 7) is 3.04. The molecule has 0 bridgehead atoms. The summed E-state index contributed by atoms with van der Waals surface area (Å²) >= 11 is 0. The van der Waals surface area contributed by atoms with E-state index < -0.39 is 21.5 Å². The maximum absolute atomic E-state index is 11.4. The Balaban J connectivity index is 2.69. The Morgan fingerprint density at radius 3 is 2.27 bits per heavy atom. The third kappa shape index (κ3) is 1.61. The number of aliphatic carboxylic acids is 1. The maximum Gasteiger partial charge on any atom is 0.321 e. The Morgan fingerprint density at radius 2 is 2.00 bits per heavy atom. The van der Waals surface area contributed by atoms with Crippen LogP contribution in [0.5, 0.6) is 0 Å². The van der Waals surface area contributed by atoms with Crippen molar-refractivity contribution in [2.24, 2.45) is 0 Å². The molecule has 1 aliphatic carbocycles. The van der Waals surface area contributed by atoms with Crippen LogP contribution in [0.25, 0.3) is 0 Å². The van der Waals surface area contributed by atoms with Crippen molar-refractivity contribution in [3.05, 3.63) is 0 Å². The van der Waals surface area contributed by atoms with E-state index in [-0.39, 0.29) is 5.25 Å². The molecule has 1 N–H and O–H groups in total. The monoisotopic (exact) mass is 176 g/mol. The van der Waals surface area contributed by atoms with Crippen molar-refractivity contribution in [2.45, 2.75) is 36.7 Å². The molecule has 1 rings (SSSR count). The summed E-state index contributed by atoms with van der Waals surface area (Å²) in [4.78, 5) is 10.6. The molecule has 0 aromatic rings. The van der Waals surface area contributed by atoms with Crippen LogP contribution in [0.1, 0.15) is 26.7 Å². The lowest BCUT2D eigenvalue weighted by molar-refractivity contribution is -0.139. The second-order valence-electron chi connectivity index (χ2n) is 3.31. The molecule has 1 unspecified atom stereocenters. The Hall–Kier alpha value is -0.380. The highest BCUT2D eigenvalue weighted by Crippen LogP contribution is 2.32. The summed E-state index contributed by atoms with van der Waals surface area (Å²) in [5, 5.41) is 8.84. The summed E-state index contributed by atoms with van der Waals surface area (Å²) in [6.07, 6.45) is 1.84. The molecule has 4 heteroatoms. The molecule has 11 heavy (non-hydrogen) atoms. The number of carboxylic acid groups (broad SMARTS) is 1. The number of carbonyl (C=O) groups is 1. The van der Waals surface area contributed by atoms with Gasteiger partial charge in [-0.15, -0.1) is 0 Å². The minimum atomic E-state index is -1.20. The van der Waals surface area contributed by atoms with Gasteiger partial charge in [-0.25, -0.2) is 0 Å². The van der Waals surface area contributed by atoms with E-state index in [4.69, 9.17) is 5.11 Å². The van der Waals surface area contributed by atoms with Gasteiger partial charge < -0.3 is 5.11 Å². The second-order valence-corrected chi connectivity index (χ2v) is 5.59. The summed E-state index contributed by atoms with van der Waals surface area (Å²) in [6, 6.07) is 0. The van der Waals surface area contributed by atoms with Crippen molar-refractivity contribution in [3.63, 3.8) is 0 Å². The minimum absolute atomic E-state index is 0.140. The van der Waals surface area contributed by atoms with Gasteiger partial charge in [0, 0.05) is 16.0 Å². The molecule has 0 spiro atoms. The van der Waals surface area contributed by atoms with Gasteiger partial charge in [-0.05, 0) is 26.7 Å². The van der Waals surface area contributed by atoms with Crippen LogP contribution in [0.2, 0.25) is 0 Å². The van der Waals surface area contributed by atoms with E-state index >= 15 is 0 Å². The maximum atomic E-state index is 11.4. The molecule has 0 radical (unpaired) electrons. The first-order valence-electron chi connectivity index (χ1n) is 3.60. The molecule has 0 amide bonds. The molecule has 3 nitrogen and oxygen atoms in total. The van der Waals surface area contributed by atoms with Gasteiger partial charge in [-0.1, -0.05) is 0 Å². The predicted octanol–water partition coefficient (Wildman–Crippen LogP) is 0.761. The summed E-state index contributed by atoms with van der Waals surface area (Å²) in [5.74, 6) is -0.970. The summed E-state index contributed by atoms with van der Waals surface area (Å²) < 4.78 is 10.3. The molecule has 1 atom stereocenters. The van der Waals surface area contributed by atoms with E-state index in [2.05, 4.69) is 0 Å². The van der Waals surface area contributed by atoms with Gasteiger partial charge in [-0.3, -0.25) is 9.00 Å². The van der Waals surface area contributed by atoms with E-state index in [1.807, 2.05) is 0 Å². The third-order valence-electron chi connectivity index (χ3n) is 1.85. The normalized spacial score (nSPS) is 21.3. The van der Waals surface area contributed by atoms with Crippen LogP contribution in [0.4, 0.5) is 0 Å². The van der Waals surface area contributed by atoms with Crippen LogP contribution >= 0.6 is 0 Å². The van der Waals surface area contributed by atoms with E-state index in [0.717, 1.165) is 12.8 Å². The van der Waals surface area contributed by atoms with Gasteiger partial charge in [0.2, 0.25) is 0 Å². The zero-order valence-electron chi connectivity index (χ0n) is 6.66. The highest BCUT2D eigenvalue weighted by molar-refractivity contribution is 7.88. The van der Waals surface area contributed by atoms with Crippen LogP contribution in [0.15, 0.2) is 0 Å². The summed E-state index contributed by atoms with van der Waals surface area (Å²) in [7, 11) is -1.20. The van der Waals surface area contributed by atoms with E-state index in [1.54, 1.807) is 0 Å². The predicted molar refractivity (Wildman–Crippen MR) is 42.9 cm³/mol. The smallest absolute Gasteiger partial charge is 0.321 e. The standard InChI is InChI=1S/C7H12O3S/c1-7(2,6(8)9)11(10)5-3-4-5/h5H,3-4H2,1-2H3,(H,8,9). The molecule has 0 heterocycles. The molecule has 0 aliphatic heterocycles. The van der Waals surface area contributed by atoms with Crippen LogP contribution < -0.4 is 0 Å². The fourth-order valence-electron chi connectivity index (χ4n) is 0.785. The minimum Gasteiger partial charge on any atom is -0.480 e. The molecule has 1 fully saturated rings. The van der Waals surface area contributed by atoms with Crippen molar-refractivity contribution >= 4 is 16.8 Å². The fraction of sp³-hybridized carbons (Fsp3) is 0.857. The number of hydrogen-bond donors (Lipinski definition) is 1. The van der Waals surface area contributed by atoms with E-state index in [1.165, 1.54) is 13.8 Å². The van der Waals surface area contributed by atoms with Crippen molar-refractivity contribution in [1.29, 1.82) is 0 Å². The number of rotatable bonds is 3. The van der Waals surface area contributed by atoms with Gasteiger partial charge in [0.15, 0.2) is 0 Å². The molecular formula is C7H12O3S. The first-order valence-corrected chi connectivity index (χ1v) is 4.81. The average Bonchev–Trinajstić information content (AvgIpc) is 2.66. The lowest BCUT2D eigenvalue weighted by Crippen LogP contribution is -2.38. The molecular weight excluding hydrogens is 164 g/mol. The van der Waals surface area contributed by atoms with Crippen LogP contribution in [0.3, 0.4) is 0 Å². The fourth-order valence-corrected chi connectivity index (χ4v) is 2.35. The molecule has 0 aromatic heterocycles. The van der Waals surface area contributed by atoms with Gasteiger partial charge in [0.05, 0.1) is 0 Å². The lowest BCUT2D eigenvalue weighted by atomic mass is 10.2. The van der Waals surface area contributed by atoms with Gasteiger partial charge in [0.25, 0.3) is 0 Å². The van der Waals surface area contributed by atoms with Crippen LogP contribution in [-0.4, -0.2) is 25.3 Å². The SMILES string of the molecule is CC(C)(C(=O)O)S(=O)C1CC1. The first kappa shape index (κ1) is 8.71. The zero-order valence-corrected chi connectivity index (χ0v) is 7.48. The van der Waals surface area contributed by atoms with E-state index in [9.17, 15) is 9.00 Å². The second kappa shape index (κ2) is 2.59. The van der Waals surface area contributed by atoms with Gasteiger partial charge in [0.1, 0.15) is 4.75 Å².